The van der Waals surface area contributed by atoms with Gasteiger partial charge >= 0.3 is 0 Å². The molecule has 98 valence electrons. The summed E-state index contributed by atoms with van der Waals surface area (Å²) in [5, 5.41) is 3.41. The fourth-order valence-corrected chi connectivity index (χ4v) is 3.21. The topological polar surface area (TPSA) is 24.5 Å². The molecular weight excluding hydrogens is 299 g/mol. The maximum Gasteiger partial charge on any atom is 0.139 e. The van der Waals surface area contributed by atoms with Gasteiger partial charge in [-0.15, -0.1) is 0 Å². The molecule has 18 heavy (non-hydrogen) atoms. The van der Waals surface area contributed by atoms with Gasteiger partial charge in [0.1, 0.15) is 5.82 Å². The summed E-state index contributed by atoms with van der Waals surface area (Å²) in [6.07, 6.45) is 0. The second kappa shape index (κ2) is 4.70. The summed E-state index contributed by atoms with van der Waals surface area (Å²) in [6.45, 7) is 5.36. The molecule has 1 saturated heterocycles. The lowest BCUT2D eigenvalue weighted by molar-refractivity contribution is 0.185. The molecule has 5 heteroatoms. The van der Waals surface area contributed by atoms with E-state index in [4.69, 9.17) is 4.74 Å². The van der Waals surface area contributed by atoms with Gasteiger partial charge in [0.15, 0.2) is 0 Å². The van der Waals surface area contributed by atoms with Crippen molar-refractivity contribution in [2.24, 2.45) is 5.92 Å². The third-order valence-electron chi connectivity index (χ3n) is 3.81. The highest BCUT2D eigenvalue weighted by Crippen LogP contribution is 2.37. The number of ether oxygens (including phenoxy) is 1. The fraction of sp³-hybridized carbons (Fsp3) is 0.538. The van der Waals surface area contributed by atoms with Crippen LogP contribution in [0.2, 0.25) is 0 Å². The van der Waals surface area contributed by atoms with Crippen LogP contribution in [-0.4, -0.2) is 32.3 Å². The van der Waals surface area contributed by atoms with Crippen LogP contribution in [0.4, 0.5) is 15.8 Å². The van der Waals surface area contributed by atoms with Crippen LogP contribution < -0.4 is 10.2 Å². The van der Waals surface area contributed by atoms with Gasteiger partial charge in [0, 0.05) is 25.1 Å². The number of anilines is 2. The first-order valence-corrected chi connectivity index (χ1v) is 7.07. The van der Waals surface area contributed by atoms with Gasteiger partial charge in [0.05, 0.1) is 35.1 Å². The molecular formula is C13H16BrFN2O. The van der Waals surface area contributed by atoms with Gasteiger partial charge in [-0.25, -0.2) is 4.39 Å². The molecule has 2 heterocycles. The van der Waals surface area contributed by atoms with Crippen molar-refractivity contribution in [3.05, 3.63) is 22.4 Å². The molecule has 0 aromatic heterocycles. The summed E-state index contributed by atoms with van der Waals surface area (Å²) in [7, 11) is 0. The van der Waals surface area contributed by atoms with Gasteiger partial charge in [-0.2, -0.15) is 0 Å². The lowest BCUT2D eigenvalue weighted by Gasteiger charge is -2.30. The third kappa shape index (κ3) is 1.89. The number of nitrogens with one attached hydrogen (secondary N) is 1. The molecule has 0 spiro atoms. The van der Waals surface area contributed by atoms with Crippen LogP contribution in [0.25, 0.3) is 0 Å². The van der Waals surface area contributed by atoms with Gasteiger partial charge in [0.25, 0.3) is 0 Å². The fourth-order valence-electron chi connectivity index (χ4n) is 2.87. The highest BCUT2D eigenvalue weighted by molar-refractivity contribution is 9.10. The minimum atomic E-state index is -0.216. The number of rotatable bonds is 1. The summed E-state index contributed by atoms with van der Waals surface area (Å²) in [6, 6.07) is 3.79. The van der Waals surface area contributed by atoms with Crippen LogP contribution in [0.15, 0.2) is 16.6 Å². The van der Waals surface area contributed by atoms with E-state index in [0.717, 1.165) is 37.7 Å². The molecule has 3 rings (SSSR count). The Bertz CT molecular complexity index is 469. The number of halogens is 2. The molecule has 2 atom stereocenters. The van der Waals surface area contributed by atoms with Crippen molar-refractivity contribution in [2.45, 2.75) is 13.0 Å². The van der Waals surface area contributed by atoms with Crippen LogP contribution in [0, 0.1) is 11.7 Å². The number of fused-ring (bicyclic) bond motifs is 2. The monoisotopic (exact) mass is 314 g/mol. The first kappa shape index (κ1) is 12.2. The maximum atomic E-state index is 13.8. The van der Waals surface area contributed by atoms with Gasteiger partial charge < -0.3 is 15.0 Å². The van der Waals surface area contributed by atoms with Crippen molar-refractivity contribution in [3.63, 3.8) is 0 Å². The van der Waals surface area contributed by atoms with E-state index >= 15 is 0 Å². The molecule has 2 unspecified atom stereocenters. The van der Waals surface area contributed by atoms with Crippen LogP contribution in [0.5, 0.6) is 0 Å². The van der Waals surface area contributed by atoms with Crippen molar-refractivity contribution in [2.75, 3.05) is 36.5 Å². The van der Waals surface area contributed by atoms with Crippen molar-refractivity contribution in [3.8, 4) is 0 Å². The Morgan fingerprint density at radius 3 is 3.11 bits per heavy atom. The third-order valence-corrected chi connectivity index (χ3v) is 4.42. The maximum absolute atomic E-state index is 13.8. The Balaban J connectivity index is 2.06. The van der Waals surface area contributed by atoms with E-state index in [1.54, 1.807) is 6.07 Å². The van der Waals surface area contributed by atoms with Gasteiger partial charge in [0.2, 0.25) is 0 Å². The van der Waals surface area contributed by atoms with Crippen LogP contribution in [0.3, 0.4) is 0 Å². The molecule has 2 aliphatic rings. The summed E-state index contributed by atoms with van der Waals surface area (Å²) in [5.41, 5.74) is 1.94. The molecule has 0 amide bonds. The highest BCUT2D eigenvalue weighted by atomic mass is 79.9. The number of nitrogens with zero attached hydrogens (tertiary/aromatic N) is 1. The van der Waals surface area contributed by atoms with E-state index in [2.05, 4.69) is 33.1 Å². The Kier molecular flexibility index (Phi) is 3.20. The lowest BCUT2D eigenvalue weighted by Crippen LogP contribution is -2.40. The Hall–Kier alpha value is -0.810. The Morgan fingerprint density at radius 2 is 2.33 bits per heavy atom. The molecule has 1 aromatic carbocycles. The first-order valence-electron chi connectivity index (χ1n) is 6.28. The minimum absolute atomic E-state index is 0.216. The second-order valence-electron chi connectivity index (χ2n) is 4.82. The molecule has 0 radical (unpaired) electrons. The zero-order valence-electron chi connectivity index (χ0n) is 10.2. The minimum Gasteiger partial charge on any atom is -0.383 e. The smallest absolute Gasteiger partial charge is 0.139 e. The van der Waals surface area contributed by atoms with Crippen LogP contribution >= 0.6 is 15.9 Å². The average molecular weight is 315 g/mol. The standard InChI is InChI=1S/C13H16BrFN2O/c1-2-17-12-4-10(15)9(14)3-11(12)16-5-8-6-18-7-13(8)17/h3-4,8,13,16H,2,5-7H2,1H3. The predicted molar refractivity (Wildman–Crippen MR) is 73.7 cm³/mol. The summed E-state index contributed by atoms with van der Waals surface area (Å²) >= 11 is 3.24. The van der Waals surface area contributed by atoms with E-state index in [9.17, 15) is 4.39 Å². The van der Waals surface area contributed by atoms with E-state index in [-0.39, 0.29) is 5.82 Å². The van der Waals surface area contributed by atoms with Crippen molar-refractivity contribution in [1.29, 1.82) is 0 Å². The Labute approximate surface area is 114 Å². The van der Waals surface area contributed by atoms with Gasteiger partial charge in [-0.05, 0) is 28.9 Å². The highest BCUT2D eigenvalue weighted by Gasteiger charge is 2.36. The largest absolute Gasteiger partial charge is 0.383 e. The molecule has 2 aliphatic heterocycles. The lowest BCUT2D eigenvalue weighted by atomic mass is 10.0. The quantitative estimate of drug-likeness (QED) is 0.862. The van der Waals surface area contributed by atoms with E-state index < -0.39 is 0 Å². The number of hydrogen-bond donors (Lipinski definition) is 1. The first-order chi connectivity index (χ1) is 8.70. The zero-order valence-corrected chi connectivity index (χ0v) is 11.8. The summed E-state index contributed by atoms with van der Waals surface area (Å²) in [4.78, 5) is 2.25. The van der Waals surface area contributed by atoms with E-state index in [0.29, 0.717) is 16.4 Å². The predicted octanol–water partition coefficient (Wildman–Crippen LogP) is 2.86. The molecule has 1 aromatic rings. The average Bonchev–Trinajstić information content (AvgIpc) is 2.76. The van der Waals surface area contributed by atoms with Gasteiger partial charge in [-0.1, -0.05) is 0 Å². The van der Waals surface area contributed by atoms with Crippen molar-refractivity contribution in [1.82, 2.24) is 0 Å². The molecule has 0 bridgehead atoms. The number of benzene rings is 1. The summed E-state index contributed by atoms with van der Waals surface area (Å²) < 4.78 is 19.8. The molecule has 0 saturated carbocycles. The summed E-state index contributed by atoms with van der Waals surface area (Å²) in [5.74, 6) is 0.255. The van der Waals surface area contributed by atoms with Crippen LogP contribution in [0.1, 0.15) is 6.92 Å². The van der Waals surface area contributed by atoms with Crippen molar-refractivity contribution >= 4 is 27.3 Å². The number of hydrogen-bond acceptors (Lipinski definition) is 3. The normalized spacial score (nSPS) is 26.3. The van der Waals surface area contributed by atoms with E-state index in [1.165, 1.54) is 0 Å². The van der Waals surface area contributed by atoms with E-state index in [1.807, 2.05) is 6.07 Å². The molecule has 0 aliphatic carbocycles. The molecule has 1 fully saturated rings. The molecule has 1 N–H and O–H groups in total. The Morgan fingerprint density at radius 1 is 1.50 bits per heavy atom. The number of likely N-dealkylation sites (N-methyl/N-ethyl adjacent to an activating group) is 1. The second-order valence-corrected chi connectivity index (χ2v) is 5.67. The van der Waals surface area contributed by atoms with Crippen LogP contribution in [-0.2, 0) is 4.74 Å². The molecule has 3 nitrogen and oxygen atoms in total. The SMILES string of the molecule is CCN1c2cc(F)c(Br)cc2NCC2COCC21. The van der Waals surface area contributed by atoms with Crippen molar-refractivity contribution < 1.29 is 9.13 Å². The van der Waals surface area contributed by atoms with Gasteiger partial charge in [-0.3, -0.25) is 0 Å². The zero-order chi connectivity index (χ0) is 12.7.